The van der Waals surface area contributed by atoms with Gasteiger partial charge in [-0.3, -0.25) is 4.79 Å². The van der Waals surface area contributed by atoms with Crippen LogP contribution in [0.1, 0.15) is 65.1 Å². The largest absolute Gasteiger partial charge is 0.416 e. The molecule has 2 aromatic rings. The molecule has 1 saturated heterocycles. The molecule has 0 spiro atoms. The summed E-state index contributed by atoms with van der Waals surface area (Å²) in [6.45, 7) is 3.52. The molecule has 3 rings (SSSR count). The van der Waals surface area contributed by atoms with Crippen LogP contribution in [0.25, 0.3) is 0 Å². The van der Waals surface area contributed by atoms with Crippen molar-refractivity contribution in [2.75, 3.05) is 0 Å². The molecule has 1 fully saturated rings. The van der Waals surface area contributed by atoms with Gasteiger partial charge < -0.3 is 4.90 Å². The molecule has 9 heteroatoms. The van der Waals surface area contributed by atoms with Crippen molar-refractivity contribution >= 4 is 5.91 Å². The van der Waals surface area contributed by atoms with Gasteiger partial charge >= 0.3 is 12.4 Å². The van der Waals surface area contributed by atoms with Gasteiger partial charge in [0.2, 0.25) is 0 Å². The van der Waals surface area contributed by atoms with Crippen LogP contribution in [-0.2, 0) is 12.4 Å². The molecule has 0 aliphatic carbocycles. The smallest absolute Gasteiger partial charge is 0.327 e. The Morgan fingerprint density at radius 2 is 1.63 bits per heavy atom. The van der Waals surface area contributed by atoms with Crippen LogP contribution in [-0.4, -0.2) is 21.8 Å². The summed E-state index contributed by atoms with van der Waals surface area (Å²) in [7, 11) is 0. The minimum absolute atomic E-state index is 0.101. The number of pyridine rings is 1. The highest BCUT2D eigenvalue weighted by Crippen LogP contribution is 2.43. The molecule has 0 N–H and O–H groups in total. The fourth-order valence-corrected chi connectivity index (χ4v) is 3.88. The second kappa shape index (κ2) is 7.92. The van der Waals surface area contributed by atoms with E-state index in [1.807, 2.05) is 6.92 Å². The predicted molar refractivity (Wildman–Crippen MR) is 97.6 cm³/mol. The van der Waals surface area contributed by atoms with Gasteiger partial charge in [-0.05, 0) is 62.1 Å². The summed E-state index contributed by atoms with van der Waals surface area (Å²) in [5.74, 6) is -0.501. The van der Waals surface area contributed by atoms with Crippen LogP contribution in [0.4, 0.5) is 26.3 Å². The molecule has 1 amide bonds. The maximum Gasteiger partial charge on any atom is 0.416 e. The van der Waals surface area contributed by atoms with E-state index in [1.165, 1.54) is 11.0 Å². The van der Waals surface area contributed by atoms with Gasteiger partial charge in [-0.25, -0.2) is 4.98 Å². The van der Waals surface area contributed by atoms with E-state index in [9.17, 15) is 31.1 Å². The Labute approximate surface area is 169 Å². The quantitative estimate of drug-likeness (QED) is 0.545. The third-order valence-electron chi connectivity index (χ3n) is 5.31. The van der Waals surface area contributed by atoms with Crippen molar-refractivity contribution in [3.05, 3.63) is 64.5 Å². The third-order valence-corrected chi connectivity index (χ3v) is 5.31. The van der Waals surface area contributed by atoms with Gasteiger partial charge in [-0.2, -0.15) is 26.3 Å². The van der Waals surface area contributed by atoms with E-state index in [-0.39, 0.29) is 29.8 Å². The number of hydrogen-bond acceptors (Lipinski definition) is 2. The lowest BCUT2D eigenvalue weighted by Gasteiger charge is -2.31. The number of aryl methyl sites for hydroxylation is 1. The van der Waals surface area contributed by atoms with E-state index in [0.717, 1.165) is 0 Å². The molecule has 0 radical (unpaired) electrons. The van der Waals surface area contributed by atoms with Crippen LogP contribution < -0.4 is 0 Å². The van der Waals surface area contributed by atoms with Crippen LogP contribution in [0, 0.1) is 6.92 Å². The van der Waals surface area contributed by atoms with Gasteiger partial charge in [-0.1, -0.05) is 13.0 Å². The number of aromatic nitrogens is 1. The summed E-state index contributed by atoms with van der Waals surface area (Å²) in [5, 5.41) is 0. The number of halogens is 6. The van der Waals surface area contributed by atoms with Crippen molar-refractivity contribution < 1.29 is 31.1 Å². The Kier molecular flexibility index (Phi) is 5.84. The molecule has 3 nitrogen and oxygen atoms in total. The highest BCUT2D eigenvalue weighted by Gasteiger charge is 2.41. The fraction of sp³-hybridized carbons (Fsp3) is 0.429. The molecular formula is C21H20F6N2O. The van der Waals surface area contributed by atoms with E-state index in [1.54, 1.807) is 19.1 Å². The summed E-state index contributed by atoms with van der Waals surface area (Å²) in [6, 6.07) is 5.14. The molecule has 30 heavy (non-hydrogen) atoms. The first-order chi connectivity index (χ1) is 13.9. The molecule has 0 saturated carbocycles. The lowest BCUT2D eigenvalue weighted by atomic mass is 9.98. The van der Waals surface area contributed by atoms with Crippen molar-refractivity contribution in [1.82, 2.24) is 9.88 Å². The number of benzene rings is 1. The molecule has 2 unspecified atom stereocenters. The minimum atomic E-state index is -4.94. The normalized spacial score (nSPS) is 19.9. The van der Waals surface area contributed by atoms with E-state index in [0.29, 0.717) is 30.7 Å². The minimum Gasteiger partial charge on any atom is -0.327 e. The van der Waals surface area contributed by atoms with Crippen LogP contribution in [0.3, 0.4) is 0 Å². The van der Waals surface area contributed by atoms with Crippen molar-refractivity contribution in [3.8, 4) is 0 Å². The lowest BCUT2D eigenvalue weighted by molar-refractivity contribution is -0.143. The van der Waals surface area contributed by atoms with E-state index in [4.69, 9.17) is 0 Å². The Morgan fingerprint density at radius 1 is 1.03 bits per heavy atom. The van der Waals surface area contributed by atoms with Crippen molar-refractivity contribution in [2.45, 2.75) is 57.5 Å². The fourth-order valence-electron chi connectivity index (χ4n) is 3.88. The van der Waals surface area contributed by atoms with Crippen LogP contribution in [0.5, 0.6) is 0 Å². The molecule has 162 valence electrons. The lowest BCUT2D eigenvalue weighted by Crippen LogP contribution is -2.37. The number of likely N-dealkylation sites (tertiary alicyclic amines) is 1. The standard InChI is InChI=1S/C21H20F6N2O/c1-3-16-7-8-18(29(16)19(30)17-6-4-5-12(2)28-17)13-9-14(20(22,23)24)11-15(10-13)21(25,26)27/h4-6,9-11,16,18H,3,7-8H2,1-2H3. The van der Waals surface area contributed by atoms with Gasteiger partial charge in [0.15, 0.2) is 0 Å². The summed E-state index contributed by atoms with van der Waals surface area (Å²) in [4.78, 5) is 18.7. The molecule has 1 aromatic carbocycles. The number of rotatable bonds is 3. The highest BCUT2D eigenvalue weighted by atomic mass is 19.4. The predicted octanol–water partition coefficient (Wildman–Crippen LogP) is 6.18. The molecule has 1 aliphatic heterocycles. The zero-order valence-corrected chi connectivity index (χ0v) is 16.3. The Bertz CT molecular complexity index is 906. The second-order valence-electron chi connectivity index (χ2n) is 7.37. The molecule has 2 heterocycles. The maximum atomic E-state index is 13.3. The van der Waals surface area contributed by atoms with Crippen molar-refractivity contribution in [3.63, 3.8) is 0 Å². The van der Waals surface area contributed by atoms with Crippen LogP contribution in [0.2, 0.25) is 0 Å². The van der Waals surface area contributed by atoms with E-state index < -0.39 is 35.4 Å². The van der Waals surface area contributed by atoms with Gasteiger partial charge in [-0.15, -0.1) is 0 Å². The summed E-state index contributed by atoms with van der Waals surface area (Å²) in [5.41, 5.74) is -2.23. The number of amides is 1. The summed E-state index contributed by atoms with van der Waals surface area (Å²) in [6.07, 6.45) is -8.60. The highest BCUT2D eigenvalue weighted by molar-refractivity contribution is 5.93. The molecule has 0 bridgehead atoms. The zero-order valence-electron chi connectivity index (χ0n) is 16.3. The van der Waals surface area contributed by atoms with Gasteiger partial charge in [0, 0.05) is 11.7 Å². The van der Waals surface area contributed by atoms with E-state index >= 15 is 0 Å². The van der Waals surface area contributed by atoms with Gasteiger partial charge in [0.05, 0.1) is 17.2 Å². The SMILES string of the molecule is CCC1CCC(c2cc(C(F)(F)F)cc(C(F)(F)F)c2)N1C(=O)c1cccc(C)n1. The molecule has 2 atom stereocenters. The van der Waals surface area contributed by atoms with Crippen molar-refractivity contribution in [1.29, 1.82) is 0 Å². The van der Waals surface area contributed by atoms with Crippen LogP contribution >= 0.6 is 0 Å². The van der Waals surface area contributed by atoms with Gasteiger partial charge in [0.1, 0.15) is 5.69 Å². The zero-order chi connectivity index (χ0) is 22.3. The number of hydrogen-bond donors (Lipinski definition) is 0. The monoisotopic (exact) mass is 430 g/mol. The molecule has 1 aromatic heterocycles. The average molecular weight is 430 g/mol. The molecular weight excluding hydrogens is 410 g/mol. The first-order valence-electron chi connectivity index (χ1n) is 9.47. The molecule has 1 aliphatic rings. The average Bonchev–Trinajstić information content (AvgIpc) is 3.09. The Hall–Kier alpha value is -2.58. The van der Waals surface area contributed by atoms with E-state index in [2.05, 4.69) is 4.98 Å². The number of nitrogens with zero attached hydrogens (tertiary/aromatic N) is 2. The first-order valence-corrected chi connectivity index (χ1v) is 9.47. The number of carbonyl (C=O) groups excluding carboxylic acids is 1. The Morgan fingerprint density at radius 3 is 2.13 bits per heavy atom. The van der Waals surface area contributed by atoms with Crippen molar-refractivity contribution in [2.24, 2.45) is 0 Å². The third kappa shape index (κ3) is 4.44. The summed E-state index contributed by atoms with van der Waals surface area (Å²) < 4.78 is 79.6. The summed E-state index contributed by atoms with van der Waals surface area (Å²) >= 11 is 0. The number of carbonyl (C=O) groups is 1. The second-order valence-corrected chi connectivity index (χ2v) is 7.37. The maximum absolute atomic E-state index is 13.3. The topological polar surface area (TPSA) is 33.2 Å². The first kappa shape index (κ1) is 22.1. The van der Waals surface area contributed by atoms with Crippen LogP contribution in [0.15, 0.2) is 36.4 Å². The number of alkyl halides is 6. The Balaban J connectivity index is 2.09. The van der Waals surface area contributed by atoms with Gasteiger partial charge in [0.25, 0.3) is 5.91 Å².